The van der Waals surface area contributed by atoms with Crippen molar-refractivity contribution in [1.82, 2.24) is 4.57 Å². The number of carbonyl (C=O) groups is 2. The van der Waals surface area contributed by atoms with Gasteiger partial charge in [0.2, 0.25) is 0 Å². The van der Waals surface area contributed by atoms with E-state index in [0.717, 1.165) is 12.1 Å². The van der Waals surface area contributed by atoms with Crippen LogP contribution in [0.5, 0.6) is 0 Å². The maximum absolute atomic E-state index is 11.8. The summed E-state index contributed by atoms with van der Waals surface area (Å²) in [6.07, 6.45) is 4.22. The molecule has 3 aromatic rings. The SMILES string of the molecule is C[n+]1cc(C(N)=O)cc2c(C(N)=O)cn(CCc3ccccc3)c21. The van der Waals surface area contributed by atoms with Gasteiger partial charge in [0.25, 0.3) is 17.5 Å². The van der Waals surface area contributed by atoms with Crippen LogP contribution >= 0.6 is 0 Å². The third-order valence-electron chi connectivity index (χ3n) is 4.09. The van der Waals surface area contributed by atoms with Gasteiger partial charge < -0.3 is 11.5 Å². The average molecular weight is 323 g/mol. The number of amides is 2. The first-order valence-corrected chi connectivity index (χ1v) is 7.63. The van der Waals surface area contributed by atoms with Gasteiger partial charge in [-0.3, -0.25) is 9.59 Å². The molecule has 6 heteroatoms. The molecule has 0 saturated carbocycles. The number of pyridine rings is 1. The molecule has 24 heavy (non-hydrogen) atoms. The van der Waals surface area contributed by atoms with E-state index < -0.39 is 11.8 Å². The molecular weight excluding hydrogens is 304 g/mol. The smallest absolute Gasteiger partial charge is 0.289 e. The Kier molecular flexibility index (Phi) is 4.04. The molecule has 6 nitrogen and oxygen atoms in total. The quantitative estimate of drug-likeness (QED) is 0.683. The van der Waals surface area contributed by atoms with E-state index in [-0.39, 0.29) is 0 Å². The Morgan fingerprint density at radius 1 is 1.12 bits per heavy atom. The van der Waals surface area contributed by atoms with Crippen LogP contribution in [0.25, 0.3) is 11.0 Å². The highest BCUT2D eigenvalue weighted by Crippen LogP contribution is 2.20. The van der Waals surface area contributed by atoms with Gasteiger partial charge in [0.15, 0.2) is 0 Å². The summed E-state index contributed by atoms with van der Waals surface area (Å²) in [5.41, 5.74) is 13.6. The van der Waals surface area contributed by atoms with Crippen molar-refractivity contribution in [2.75, 3.05) is 0 Å². The molecule has 0 fully saturated rings. The van der Waals surface area contributed by atoms with Gasteiger partial charge in [-0.15, -0.1) is 0 Å². The number of rotatable bonds is 5. The molecule has 1 aromatic carbocycles. The van der Waals surface area contributed by atoms with Crippen LogP contribution in [0.15, 0.2) is 48.8 Å². The summed E-state index contributed by atoms with van der Waals surface area (Å²) in [4.78, 5) is 23.3. The summed E-state index contributed by atoms with van der Waals surface area (Å²) in [6, 6.07) is 11.7. The molecule has 0 aliphatic rings. The summed E-state index contributed by atoms with van der Waals surface area (Å²) >= 11 is 0. The van der Waals surface area contributed by atoms with Crippen molar-refractivity contribution in [1.29, 1.82) is 0 Å². The van der Waals surface area contributed by atoms with Crippen molar-refractivity contribution in [3.05, 3.63) is 65.5 Å². The minimum Gasteiger partial charge on any atom is -0.365 e. The number of nitrogens with zero attached hydrogens (tertiary/aromatic N) is 2. The summed E-state index contributed by atoms with van der Waals surface area (Å²) < 4.78 is 3.78. The van der Waals surface area contributed by atoms with E-state index in [1.54, 1.807) is 23.0 Å². The highest BCUT2D eigenvalue weighted by Gasteiger charge is 2.23. The molecular formula is C18H19N4O2+. The van der Waals surface area contributed by atoms with E-state index in [9.17, 15) is 9.59 Å². The van der Waals surface area contributed by atoms with Crippen LogP contribution in [0.3, 0.4) is 0 Å². The van der Waals surface area contributed by atoms with Gasteiger partial charge in [0, 0.05) is 6.42 Å². The van der Waals surface area contributed by atoms with Crippen LogP contribution in [0.2, 0.25) is 0 Å². The fourth-order valence-corrected chi connectivity index (χ4v) is 2.95. The number of hydrogen-bond acceptors (Lipinski definition) is 2. The lowest BCUT2D eigenvalue weighted by atomic mass is 10.1. The van der Waals surface area contributed by atoms with E-state index in [1.807, 2.05) is 29.8 Å². The first-order chi connectivity index (χ1) is 11.5. The van der Waals surface area contributed by atoms with E-state index in [0.29, 0.717) is 23.1 Å². The maximum Gasteiger partial charge on any atom is 0.289 e. The zero-order valence-corrected chi connectivity index (χ0v) is 13.4. The minimum atomic E-state index is -0.542. The second kappa shape index (κ2) is 6.16. The third-order valence-corrected chi connectivity index (χ3v) is 4.09. The molecule has 0 saturated heterocycles. The molecule has 2 heterocycles. The van der Waals surface area contributed by atoms with Crippen LogP contribution in [-0.4, -0.2) is 16.4 Å². The van der Waals surface area contributed by atoms with Gasteiger partial charge in [-0.2, -0.15) is 0 Å². The van der Waals surface area contributed by atoms with Crippen molar-refractivity contribution in [2.24, 2.45) is 18.5 Å². The predicted molar refractivity (Wildman–Crippen MR) is 90.3 cm³/mol. The first-order valence-electron chi connectivity index (χ1n) is 7.63. The number of primary amides is 2. The number of fused-ring (bicyclic) bond motifs is 1. The normalized spacial score (nSPS) is 10.9. The van der Waals surface area contributed by atoms with Gasteiger partial charge >= 0.3 is 0 Å². The first kappa shape index (κ1) is 15.7. The predicted octanol–water partition coefficient (Wildman–Crippen LogP) is 0.906. The molecule has 2 amide bonds. The molecule has 0 spiro atoms. The van der Waals surface area contributed by atoms with Crippen molar-refractivity contribution < 1.29 is 14.2 Å². The van der Waals surface area contributed by atoms with Crippen LogP contribution in [0.1, 0.15) is 26.3 Å². The Balaban J connectivity index is 2.08. The Morgan fingerprint density at radius 2 is 1.83 bits per heavy atom. The van der Waals surface area contributed by atoms with Gasteiger partial charge in [0.05, 0.1) is 30.1 Å². The monoisotopic (exact) mass is 323 g/mol. The van der Waals surface area contributed by atoms with Crippen LogP contribution < -0.4 is 16.0 Å². The zero-order valence-electron chi connectivity index (χ0n) is 13.4. The molecule has 0 aliphatic carbocycles. The van der Waals surface area contributed by atoms with Gasteiger partial charge in [0.1, 0.15) is 12.4 Å². The average Bonchev–Trinajstić information content (AvgIpc) is 2.93. The third kappa shape index (κ3) is 2.86. The largest absolute Gasteiger partial charge is 0.365 e. The van der Waals surface area contributed by atoms with Crippen LogP contribution in [-0.2, 0) is 20.0 Å². The molecule has 4 N–H and O–H groups in total. The van der Waals surface area contributed by atoms with Gasteiger partial charge in [-0.1, -0.05) is 30.3 Å². The summed E-state index contributed by atoms with van der Waals surface area (Å²) in [6.45, 7) is 0.692. The highest BCUT2D eigenvalue weighted by atomic mass is 16.1. The Hall–Kier alpha value is -3.15. The second-order valence-electron chi connectivity index (χ2n) is 5.78. The molecule has 0 atom stereocenters. The lowest BCUT2D eigenvalue weighted by molar-refractivity contribution is -0.647. The minimum absolute atomic E-state index is 0.341. The van der Waals surface area contributed by atoms with E-state index in [4.69, 9.17) is 11.5 Å². The lowest BCUT2D eigenvalue weighted by Crippen LogP contribution is -2.33. The molecule has 0 unspecified atom stereocenters. The summed E-state index contributed by atoms with van der Waals surface area (Å²) in [7, 11) is 1.82. The molecule has 0 bridgehead atoms. The topological polar surface area (TPSA) is 95.0 Å². The standard InChI is InChI=1S/C18H18N4O2/c1-21-10-13(16(19)23)9-14-15(17(20)24)11-22(18(14)21)8-7-12-5-3-2-4-6-12/h2-6,9-11H,7-8H2,1H3,(H3-,19,20,23,24)/p+1. The second-order valence-corrected chi connectivity index (χ2v) is 5.78. The molecule has 0 radical (unpaired) electrons. The summed E-state index contributed by atoms with van der Waals surface area (Å²) in [5, 5.41) is 0.634. The maximum atomic E-state index is 11.8. The highest BCUT2D eigenvalue weighted by molar-refractivity contribution is 6.06. The van der Waals surface area contributed by atoms with E-state index >= 15 is 0 Å². The van der Waals surface area contributed by atoms with E-state index in [1.165, 1.54) is 5.56 Å². The number of aromatic nitrogens is 2. The van der Waals surface area contributed by atoms with E-state index in [2.05, 4.69) is 12.1 Å². The van der Waals surface area contributed by atoms with Gasteiger partial charge in [-0.05, 0) is 11.6 Å². The fourth-order valence-electron chi connectivity index (χ4n) is 2.95. The van der Waals surface area contributed by atoms with Crippen molar-refractivity contribution in [3.8, 4) is 0 Å². The lowest BCUT2D eigenvalue weighted by Gasteiger charge is -2.03. The molecule has 3 rings (SSSR count). The Morgan fingerprint density at radius 3 is 2.46 bits per heavy atom. The number of carbonyl (C=O) groups excluding carboxylic acids is 2. The van der Waals surface area contributed by atoms with Crippen molar-refractivity contribution >= 4 is 22.8 Å². The van der Waals surface area contributed by atoms with Crippen molar-refractivity contribution in [3.63, 3.8) is 0 Å². The zero-order chi connectivity index (χ0) is 17.3. The van der Waals surface area contributed by atoms with Gasteiger partial charge in [-0.25, -0.2) is 9.13 Å². The van der Waals surface area contributed by atoms with Crippen LogP contribution in [0.4, 0.5) is 0 Å². The molecule has 0 aliphatic heterocycles. The van der Waals surface area contributed by atoms with Crippen molar-refractivity contribution in [2.45, 2.75) is 13.0 Å². The molecule has 2 aromatic heterocycles. The number of nitrogens with two attached hydrogens (primary N) is 2. The Bertz CT molecular complexity index is 929. The molecule has 122 valence electrons. The number of hydrogen-bond donors (Lipinski definition) is 2. The number of aryl methyl sites for hydroxylation is 3. The number of benzene rings is 1. The fraction of sp³-hybridized carbons (Fsp3) is 0.167. The van der Waals surface area contributed by atoms with Crippen LogP contribution in [0, 0.1) is 0 Å². The summed E-state index contributed by atoms with van der Waals surface area (Å²) in [5.74, 6) is -1.07. The Labute approximate surface area is 139 Å².